The molecule has 0 N–H and O–H groups in total. The third kappa shape index (κ3) is 3.02. The molecule has 1 aliphatic rings. The van der Waals surface area contributed by atoms with Gasteiger partial charge < -0.3 is 9.64 Å². The highest BCUT2D eigenvalue weighted by atomic mass is 16.5. The number of rotatable bonds is 3. The lowest BCUT2D eigenvalue weighted by atomic mass is 10.1. The molecule has 1 fully saturated rings. The van der Waals surface area contributed by atoms with E-state index in [0.29, 0.717) is 6.10 Å². The average molecular weight is 244 g/mol. The third-order valence-electron chi connectivity index (χ3n) is 3.52. The first kappa shape index (κ1) is 12.9. The van der Waals surface area contributed by atoms with E-state index in [1.54, 1.807) is 0 Å². The monoisotopic (exact) mass is 244 g/mol. The fourth-order valence-electron chi connectivity index (χ4n) is 2.37. The lowest BCUT2D eigenvalue weighted by Gasteiger charge is -2.28. The van der Waals surface area contributed by atoms with Crippen molar-refractivity contribution in [3.63, 3.8) is 0 Å². The van der Waals surface area contributed by atoms with Crippen molar-refractivity contribution in [3.05, 3.63) is 29.3 Å². The second-order valence-electron chi connectivity index (χ2n) is 4.98. The van der Waals surface area contributed by atoms with Gasteiger partial charge >= 0.3 is 0 Å². The summed E-state index contributed by atoms with van der Waals surface area (Å²) in [5.74, 6) is 0. The van der Waals surface area contributed by atoms with Crippen molar-refractivity contribution in [2.75, 3.05) is 25.1 Å². The van der Waals surface area contributed by atoms with Crippen molar-refractivity contribution >= 4 is 5.69 Å². The Morgan fingerprint density at radius 2 is 2.28 bits per heavy atom. The molecule has 0 spiro atoms. The van der Waals surface area contributed by atoms with E-state index >= 15 is 0 Å². The van der Waals surface area contributed by atoms with Crippen LogP contribution in [0.5, 0.6) is 0 Å². The van der Waals surface area contributed by atoms with Crippen molar-refractivity contribution in [2.45, 2.75) is 32.3 Å². The SMILES string of the molecule is Cc1cc(N(C)CC2CCCCO2)ccc1C#N. The maximum atomic E-state index is 8.93. The Bertz CT molecular complexity index is 444. The Morgan fingerprint density at radius 3 is 2.89 bits per heavy atom. The van der Waals surface area contributed by atoms with Crippen LogP contribution in [0, 0.1) is 18.3 Å². The van der Waals surface area contributed by atoms with Crippen LogP contribution < -0.4 is 4.90 Å². The lowest BCUT2D eigenvalue weighted by Crippen LogP contribution is -2.33. The summed E-state index contributed by atoms with van der Waals surface area (Å²) in [4.78, 5) is 2.21. The molecule has 1 aromatic carbocycles. The third-order valence-corrected chi connectivity index (χ3v) is 3.52. The van der Waals surface area contributed by atoms with Gasteiger partial charge in [-0.15, -0.1) is 0 Å². The normalized spacial score (nSPS) is 19.3. The van der Waals surface area contributed by atoms with Gasteiger partial charge in [0.05, 0.1) is 17.7 Å². The Hall–Kier alpha value is -1.53. The number of hydrogen-bond acceptors (Lipinski definition) is 3. The summed E-state index contributed by atoms with van der Waals surface area (Å²) in [6.45, 7) is 3.79. The van der Waals surface area contributed by atoms with Crippen LogP contribution in [-0.2, 0) is 4.74 Å². The Kier molecular flexibility index (Phi) is 4.22. The summed E-state index contributed by atoms with van der Waals surface area (Å²) >= 11 is 0. The standard InChI is InChI=1S/C15H20N2O/c1-12-9-14(7-6-13(12)10-16)17(2)11-15-5-3-4-8-18-15/h6-7,9,15H,3-5,8,11H2,1-2H3. The van der Waals surface area contributed by atoms with Crippen LogP contribution >= 0.6 is 0 Å². The largest absolute Gasteiger partial charge is 0.376 e. The van der Waals surface area contributed by atoms with Gasteiger partial charge in [0.1, 0.15) is 0 Å². The summed E-state index contributed by atoms with van der Waals surface area (Å²) in [7, 11) is 2.08. The molecule has 1 unspecified atom stereocenters. The molecule has 1 heterocycles. The summed E-state index contributed by atoms with van der Waals surface area (Å²) < 4.78 is 5.75. The molecule has 0 radical (unpaired) electrons. The molecule has 18 heavy (non-hydrogen) atoms. The molecule has 0 bridgehead atoms. The maximum Gasteiger partial charge on any atom is 0.0994 e. The van der Waals surface area contributed by atoms with E-state index in [2.05, 4.69) is 24.1 Å². The highest BCUT2D eigenvalue weighted by molar-refractivity contribution is 5.53. The van der Waals surface area contributed by atoms with Gasteiger partial charge in [0, 0.05) is 25.9 Å². The zero-order chi connectivity index (χ0) is 13.0. The quantitative estimate of drug-likeness (QED) is 0.820. The summed E-state index contributed by atoms with van der Waals surface area (Å²) in [6.07, 6.45) is 3.96. The smallest absolute Gasteiger partial charge is 0.0994 e. The van der Waals surface area contributed by atoms with E-state index in [9.17, 15) is 0 Å². The number of likely N-dealkylation sites (N-methyl/N-ethyl adjacent to an activating group) is 1. The van der Waals surface area contributed by atoms with E-state index in [1.807, 2.05) is 19.1 Å². The van der Waals surface area contributed by atoms with Gasteiger partial charge in [-0.25, -0.2) is 0 Å². The van der Waals surface area contributed by atoms with Crippen LogP contribution in [0.3, 0.4) is 0 Å². The van der Waals surface area contributed by atoms with Gasteiger partial charge in [-0.3, -0.25) is 0 Å². The first-order valence-electron chi connectivity index (χ1n) is 6.54. The number of benzene rings is 1. The van der Waals surface area contributed by atoms with Gasteiger partial charge in [-0.2, -0.15) is 5.26 Å². The second kappa shape index (κ2) is 5.88. The van der Waals surface area contributed by atoms with Crippen molar-refractivity contribution in [2.24, 2.45) is 0 Å². The van der Waals surface area contributed by atoms with Crippen molar-refractivity contribution in [1.82, 2.24) is 0 Å². The van der Waals surface area contributed by atoms with E-state index in [4.69, 9.17) is 10.00 Å². The predicted octanol–water partition coefficient (Wildman–Crippen LogP) is 2.87. The Balaban J connectivity index is 2.02. The van der Waals surface area contributed by atoms with E-state index in [-0.39, 0.29) is 0 Å². The zero-order valence-electron chi connectivity index (χ0n) is 11.1. The minimum absolute atomic E-state index is 0.347. The number of nitrogens with zero attached hydrogens (tertiary/aromatic N) is 2. The number of ether oxygens (including phenoxy) is 1. The lowest BCUT2D eigenvalue weighted by molar-refractivity contribution is 0.0216. The average Bonchev–Trinajstić information content (AvgIpc) is 2.39. The number of anilines is 1. The van der Waals surface area contributed by atoms with Crippen molar-refractivity contribution < 1.29 is 4.74 Å². The minimum Gasteiger partial charge on any atom is -0.376 e. The molecular weight excluding hydrogens is 224 g/mol. The highest BCUT2D eigenvalue weighted by Gasteiger charge is 2.16. The molecule has 3 heteroatoms. The van der Waals surface area contributed by atoms with E-state index in [0.717, 1.165) is 36.4 Å². The molecule has 96 valence electrons. The van der Waals surface area contributed by atoms with Gasteiger partial charge in [-0.1, -0.05) is 0 Å². The van der Waals surface area contributed by atoms with Crippen molar-refractivity contribution in [1.29, 1.82) is 5.26 Å². The molecule has 0 saturated carbocycles. The molecular formula is C15H20N2O. The van der Waals surface area contributed by atoms with Crippen LogP contribution in [0.25, 0.3) is 0 Å². The summed E-state index contributed by atoms with van der Waals surface area (Å²) in [5.41, 5.74) is 2.94. The predicted molar refractivity (Wildman–Crippen MR) is 72.8 cm³/mol. The van der Waals surface area contributed by atoms with E-state index in [1.165, 1.54) is 12.8 Å². The molecule has 1 aromatic rings. The highest BCUT2D eigenvalue weighted by Crippen LogP contribution is 2.20. The minimum atomic E-state index is 0.347. The molecule has 1 aliphatic heterocycles. The van der Waals surface area contributed by atoms with Crippen LogP contribution in [0.15, 0.2) is 18.2 Å². The number of aryl methyl sites for hydroxylation is 1. The van der Waals surface area contributed by atoms with Gasteiger partial charge in [-0.05, 0) is 49.9 Å². The topological polar surface area (TPSA) is 36.3 Å². The number of hydrogen-bond donors (Lipinski definition) is 0. The van der Waals surface area contributed by atoms with Crippen LogP contribution in [0.2, 0.25) is 0 Å². The number of nitriles is 1. The Morgan fingerprint density at radius 1 is 1.44 bits per heavy atom. The van der Waals surface area contributed by atoms with Crippen LogP contribution in [0.4, 0.5) is 5.69 Å². The van der Waals surface area contributed by atoms with E-state index < -0.39 is 0 Å². The van der Waals surface area contributed by atoms with Crippen LogP contribution in [0.1, 0.15) is 30.4 Å². The molecule has 0 aliphatic carbocycles. The zero-order valence-corrected chi connectivity index (χ0v) is 11.1. The summed E-state index contributed by atoms with van der Waals surface area (Å²) in [5, 5.41) is 8.93. The molecule has 3 nitrogen and oxygen atoms in total. The second-order valence-corrected chi connectivity index (χ2v) is 4.98. The fourth-order valence-corrected chi connectivity index (χ4v) is 2.37. The van der Waals surface area contributed by atoms with Crippen LogP contribution in [-0.4, -0.2) is 26.3 Å². The van der Waals surface area contributed by atoms with Gasteiger partial charge in [0.2, 0.25) is 0 Å². The van der Waals surface area contributed by atoms with Crippen molar-refractivity contribution in [3.8, 4) is 6.07 Å². The maximum absolute atomic E-state index is 8.93. The van der Waals surface area contributed by atoms with Gasteiger partial charge in [0.25, 0.3) is 0 Å². The first-order chi connectivity index (χ1) is 8.70. The Labute approximate surface area is 109 Å². The molecule has 0 amide bonds. The van der Waals surface area contributed by atoms with Gasteiger partial charge in [0.15, 0.2) is 0 Å². The molecule has 2 rings (SSSR count). The fraction of sp³-hybridized carbons (Fsp3) is 0.533. The molecule has 1 atom stereocenters. The first-order valence-corrected chi connectivity index (χ1v) is 6.54. The molecule has 1 saturated heterocycles. The summed E-state index contributed by atoms with van der Waals surface area (Å²) in [6, 6.07) is 8.17. The molecule has 0 aromatic heterocycles.